The molecule has 1 amide bonds. The van der Waals surface area contributed by atoms with E-state index in [0.717, 1.165) is 24.3 Å². The second kappa shape index (κ2) is 9.18. The first kappa shape index (κ1) is 24.5. The van der Waals surface area contributed by atoms with Gasteiger partial charge in [0.2, 0.25) is 15.9 Å². The summed E-state index contributed by atoms with van der Waals surface area (Å²) in [5.41, 5.74) is 0.0916. The van der Waals surface area contributed by atoms with Gasteiger partial charge in [0.15, 0.2) is 0 Å². The Balaban J connectivity index is 1.36. The molecule has 0 aliphatic carbocycles. The molecule has 0 atom stereocenters. The molecule has 1 aromatic carbocycles. The summed E-state index contributed by atoms with van der Waals surface area (Å²) in [6.07, 6.45) is -3.95. The number of cyclic esters (lactones) is 1. The topological polar surface area (TPSA) is 129 Å². The van der Waals surface area contributed by atoms with Crippen molar-refractivity contribution in [3.8, 4) is 6.07 Å². The number of fused-ring (bicyclic) bond motifs is 1. The summed E-state index contributed by atoms with van der Waals surface area (Å²) in [6.45, 7) is 0.668. The minimum atomic E-state index is -4.53. The molecule has 0 spiro atoms. The van der Waals surface area contributed by atoms with Crippen LogP contribution in [0.15, 0.2) is 30.3 Å². The summed E-state index contributed by atoms with van der Waals surface area (Å²) >= 11 is 0. The van der Waals surface area contributed by atoms with E-state index in [9.17, 15) is 36.4 Å². The zero-order valence-corrected chi connectivity index (χ0v) is 18.9. The molecule has 4 rings (SSSR count). The van der Waals surface area contributed by atoms with E-state index in [0.29, 0.717) is 37.4 Å². The number of alkyl halides is 3. The largest absolute Gasteiger partial charge is 0.455 e. The molecule has 0 bridgehead atoms. The monoisotopic (exact) mass is 508 g/mol. The van der Waals surface area contributed by atoms with Crippen molar-refractivity contribution >= 4 is 27.7 Å². The number of carbonyl (C=O) groups excluding carboxylic acids is 2. The number of ether oxygens (including phenoxy) is 1. The van der Waals surface area contributed by atoms with Gasteiger partial charge in [-0.1, -0.05) is 12.1 Å². The van der Waals surface area contributed by atoms with E-state index in [-0.39, 0.29) is 23.3 Å². The van der Waals surface area contributed by atoms with Gasteiger partial charge in [0, 0.05) is 19.0 Å². The minimum Gasteiger partial charge on any atom is -0.455 e. The lowest BCUT2D eigenvalue weighted by Crippen LogP contribution is -2.43. The van der Waals surface area contributed by atoms with Crippen LogP contribution in [0, 0.1) is 17.2 Å². The molecule has 3 heterocycles. The molecular formula is C22H19F3N4O5S. The third-order valence-electron chi connectivity index (χ3n) is 5.82. The number of rotatable bonds is 5. The molecule has 35 heavy (non-hydrogen) atoms. The van der Waals surface area contributed by atoms with Crippen molar-refractivity contribution in [3.05, 3.63) is 58.3 Å². The Morgan fingerprint density at radius 1 is 1.23 bits per heavy atom. The van der Waals surface area contributed by atoms with Crippen LogP contribution in [0.5, 0.6) is 0 Å². The maximum atomic E-state index is 12.7. The molecule has 2 aliphatic heterocycles. The lowest BCUT2D eigenvalue weighted by molar-refractivity contribution is -0.137. The van der Waals surface area contributed by atoms with Crippen molar-refractivity contribution in [2.75, 3.05) is 18.0 Å². The average Bonchev–Trinajstić information content (AvgIpc) is 3.17. The fourth-order valence-corrected chi connectivity index (χ4v) is 5.17. The summed E-state index contributed by atoms with van der Waals surface area (Å²) < 4.78 is 69.7. The number of hydrogen-bond donors (Lipinski definition) is 1. The highest BCUT2D eigenvalue weighted by molar-refractivity contribution is 7.89. The maximum Gasteiger partial charge on any atom is 0.416 e. The number of aromatic nitrogens is 1. The summed E-state index contributed by atoms with van der Waals surface area (Å²) in [5.74, 6) is -2.11. The van der Waals surface area contributed by atoms with Crippen LogP contribution in [0.4, 0.5) is 19.0 Å². The minimum absolute atomic E-state index is 0.0164. The summed E-state index contributed by atoms with van der Waals surface area (Å²) in [7, 11) is -4.12. The maximum absolute atomic E-state index is 12.7. The Bertz CT molecular complexity index is 1310. The number of anilines is 1. The Morgan fingerprint density at radius 2 is 1.89 bits per heavy atom. The van der Waals surface area contributed by atoms with Gasteiger partial charge >= 0.3 is 12.1 Å². The first-order valence-corrected chi connectivity index (χ1v) is 12.2. The van der Waals surface area contributed by atoms with E-state index >= 15 is 0 Å². The van der Waals surface area contributed by atoms with Crippen molar-refractivity contribution in [1.82, 2.24) is 9.71 Å². The fraction of sp³-hybridized carbons (Fsp3) is 0.364. The van der Waals surface area contributed by atoms with Crippen LogP contribution >= 0.6 is 0 Å². The van der Waals surface area contributed by atoms with Crippen LogP contribution in [-0.4, -0.2) is 38.4 Å². The van der Waals surface area contributed by atoms with Crippen LogP contribution in [0.2, 0.25) is 0 Å². The Labute approximate surface area is 198 Å². The van der Waals surface area contributed by atoms with E-state index in [1.54, 1.807) is 4.90 Å². The van der Waals surface area contributed by atoms with Gasteiger partial charge in [-0.25, -0.2) is 18.2 Å². The fourth-order valence-electron chi connectivity index (χ4n) is 4.00. The van der Waals surface area contributed by atoms with Gasteiger partial charge in [-0.15, -0.1) is 0 Å². The van der Waals surface area contributed by atoms with Crippen LogP contribution in [0.1, 0.15) is 45.6 Å². The van der Waals surface area contributed by atoms with E-state index in [1.807, 2.05) is 10.8 Å². The molecule has 2 aliphatic rings. The van der Waals surface area contributed by atoms with Crippen LogP contribution in [0.3, 0.4) is 0 Å². The Kier molecular flexibility index (Phi) is 6.42. The van der Waals surface area contributed by atoms with E-state index in [1.165, 1.54) is 6.07 Å². The van der Waals surface area contributed by atoms with Gasteiger partial charge in [0.05, 0.1) is 28.1 Å². The van der Waals surface area contributed by atoms with Crippen LogP contribution < -0.4 is 9.62 Å². The highest BCUT2D eigenvalue weighted by atomic mass is 32.2. The molecule has 9 nitrogen and oxygen atoms in total. The molecule has 184 valence electrons. The predicted octanol–water partition coefficient (Wildman–Crippen LogP) is 2.51. The number of nitriles is 1. The number of nitrogens with one attached hydrogen (secondary N) is 1. The number of hydrogen-bond acceptors (Lipinski definition) is 8. The molecule has 1 fully saturated rings. The second-order valence-electron chi connectivity index (χ2n) is 8.22. The molecule has 0 radical (unpaired) electrons. The highest BCUT2D eigenvalue weighted by Crippen LogP contribution is 2.30. The van der Waals surface area contributed by atoms with Crippen LogP contribution in [0.25, 0.3) is 0 Å². The van der Waals surface area contributed by atoms with Gasteiger partial charge in [-0.3, -0.25) is 9.52 Å². The number of benzene rings is 1. The van der Waals surface area contributed by atoms with Gasteiger partial charge in [0.25, 0.3) is 0 Å². The standard InChI is InChI=1S/C22H19F3N4O5S/c23-22(24,25)16-3-1-13(2-4-16)12-35(32,33)28-20(30)14-5-7-29(8-6-14)19-15(10-26)9-17-18(27-19)11-34-21(17)31/h1-4,9,14H,5-8,11-12H2,(H,28,30). The number of sulfonamides is 1. The molecule has 13 heteroatoms. The predicted molar refractivity (Wildman–Crippen MR) is 115 cm³/mol. The number of carbonyl (C=O) groups is 2. The van der Waals surface area contributed by atoms with Crippen molar-refractivity contribution in [2.45, 2.75) is 31.4 Å². The van der Waals surface area contributed by atoms with E-state index in [2.05, 4.69) is 4.98 Å². The SMILES string of the molecule is N#Cc1cc2c(nc1N1CCC(C(=O)NS(=O)(=O)Cc3ccc(C(F)(F)F)cc3)CC1)COC2=O. The molecule has 0 saturated carbocycles. The van der Waals surface area contributed by atoms with E-state index in [4.69, 9.17) is 4.74 Å². The number of pyridine rings is 1. The summed E-state index contributed by atoms with van der Waals surface area (Å²) in [6, 6.07) is 7.12. The van der Waals surface area contributed by atoms with Gasteiger partial charge in [-0.05, 0) is 36.6 Å². The third-order valence-corrected chi connectivity index (χ3v) is 7.05. The Hall–Kier alpha value is -3.66. The van der Waals surface area contributed by atoms with Crippen molar-refractivity contribution in [1.29, 1.82) is 5.26 Å². The zero-order valence-electron chi connectivity index (χ0n) is 18.1. The number of nitrogens with zero attached hydrogens (tertiary/aromatic N) is 3. The lowest BCUT2D eigenvalue weighted by Gasteiger charge is -2.32. The van der Waals surface area contributed by atoms with Crippen molar-refractivity contribution < 1.29 is 35.9 Å². The lowest BCUT2D eigenvalue weighted by atomic mass is 9.96. The summed E-state index contributed by atoms with van der Waals surface area (Å²) in [4.78, 5) is 30.4. The smallest absolute Gasteiger partial charge is 0.416 e. The number of esters is 1. The number of amides is 1. The molecular weight excluding hydrogens is 489 g/mol. The zero-order chi connectivity index (χ0) is 25.4. The molecule has 1 N–H and O–H groups in total. The normalized spacial score (nSPS) is 16.4. The first-order chi connectivity index (χ1) is 16.5. The molecule has 1 aromatic heterocycles. The van der Waals surface area contributed by atoms with Crippen LogP contribution in [-0.2, 0) is 38.1 Å². The third kappa shape index (κ3) is 5.37. The Morgan fingerprint density at radius 3 is 2.49 bits per heavy atom. The molecule has 1 saturated heterocycles. The number of piperidine rings is 1. The highest BCUT2D eigenvalue weighted by Gasteiger charge is 2.32. The number of halogens is 3. The van der Waals surface area contributed by atoms with E-state index < -0.39 is 45.3 Å². The first-order valence-electron chi connectivity index (χ1n) is 10.5. The van der Waals surface area contributed by atoms with Crippen molar-refractivity contribution in [2.24, 2.45) is 5.92 Å². The molecule has 0 unspecified atom stereocenters. The van der Waals surface area contributed by atoms with Gasteiger partial charge in [0.1, 0.15) is 18.5 Å². The summed E-state index contributed by atoms with van der Waals surface area (Å²) in [5, 5.41) is 9.46. The van der Waals surface area contributed by atoms with Gasteiger partial charge in [-0.2, -0.15) is 18.4 Å². The quantitative estimate of drug-likeness (QED) is 0.610. The second-order valence-corrected chi connectivity index (χ2v) is 9.95. The van der Waals surface area contributed by atoms with Crippen molar-refractivity contribution in [3.63, 3.8) is 0 Å². The van der Waals surface area contributed by atoms with Gasteiger partial charge < -0.3 is 9.64 Å². The average molecular weight is 508 g/mol. The molecule has 2 aromatic rings.